The summed E-state index contributed by atoms with van der Waals surface area (Å²) in [7, 11) is 0. The highest BCUT2D eigenvalue weighted by molar-refractivity contribution is 5.75. The van der Waals surface area contributed by atoms with E-state index in [0.29, 0.717) is 26.0 Å². The van der Waals surface area contributed by atoms with Gasteiger partial charge in [-0.1, -0.05) is 0 Å². The predicted molar refractivity (Wildman–Crippen MR) is 70.9 cm³/mol. The van der Waals surface area contributed by atoms with Crippen LogP contribution in [0.2, 0.25) is 0 Å². The van der Waals surface area contributed by atoms with E-state index in [4.69, 9.17) is 14.2 Å². The van der Waals surface area contributed by atoms with E-state index in [0.717, 1.165) is 0 Å². The largest absolute Gasteiger partial charge is 0.463 e. The lowest BCUT2D eigenvalue weighted by atomic mass is 10.3. The molecule has 0 aromatic rings. The summed E-state index contributed by atoms with van der Waals surface area (Å²) in [4.78, 5) is 32.7. The van der Waals surface area contributed by atoms with E-state index >= 15 is 0 Å². The summed E-state index contributed by atoms with van der Waals surface area (Å²) in [6, 6.07) is 0. The third-order valence-corrected chi connectivity index (χ3v) is 2.22. The highest BCUT2D eigenvalue weighted by Gasteiger charge is 2.13. The maximum absolute atomic E-state index is 11.2. The first-order chi connectivity index (χ1) is 9.45. The monoisotopic (exact) mass is 289 g/mol. The molecule has 0 aliphatic rings. The van der Waals surface area contributed by atoms with Gasteiger partial charge < -0.3 is 19.5 Å². The van der Waals surface area contributed by atoms with Crippen LogP contribution in [0.3, 0.4) is 0 Å². The van der Waals surface area contributed by atoms with Gasteiger partial charge in [0, 0.05) is 33.4 Å². The second-order valence-corrected chi connectivity index (χ2v) is 4.16. The quantitative estimate of drug-likeness (QED) is 0.463. The molecule has 0 bridgehead atoms. The Labute approximate surface area is 118 Å². The van der Waals surface area contributed by atoms with Crippen molar-refractivity contribution in [3.8, 4) is 0 Å². The van der Waals surface area contributed by atoms with Crippen molar-refractivity contribution >= 4 is 17.8 Å². The average Bonchev–Trinajstić information content (AvgIpc) is 2.36. The van der Waals surface area contributed by atoms with Gasteiger partial charge in [0.15, 0.2) is 0 Å². The molecule has 0 saturated carbocycles. The van der Waals surface area contributed by atoms with E-state index < -0.39 is 18.0 Å². The van der Waals surface area contributed by atoms with Gasteiger partial charge in [-0.25, -0.2) is 0 Å². The topological polar surface area (TPSA) is 90.9 Å². The van der Waals surface area contributed by atoms with E-state index in [9.17, 15) is 14.4 Å². The van der Waals surface area contributed by atoms with Crippen molar-refractivity contribution in [1.82, 2.24) is 5.32 Å². The van der Waals surface area contributed by atoms with Gasteiger partial charge in [-0.3, -0.25) is 14.4 Å². The third-order valence-electron chi connectivity index (χ3n) is 2.22. The van der Waals surface area contributed by atoms with Gasteiger partial charge in [0.2, 0.25) is 5.91 Å². The Bertz CT molecular complexity index is 300. The number of hydrogen-bond donors (Lipinski definition) is 1. The van der Waals surface area contributed by atoms with Crippen LogP contribution in [0.5, 0.6) is 0 Å². The van der Waals surface area contributed by atoms with Crippen molar-refractivity contribution in [1.29, 1.82) is 0 Å². The van der Waals surface area contributed by atoms with E-state index in [-0.39, 0.29) is 19.1 Å². The van der Waals surface area contributed by atoms with E-state index in [1.54, 1.807) is 0 Å². The molecule has 0 aromatic carbocycles. The number of rotatable bonds is 10. The van der Waals surface area contributed by atoms with E-state index in [1.807, 2.05) is 6.92 Å². The Kier molecular flexibility index (Phi) is 10.3. The number of carbonyl (C=O) groups is 3. The van der Waals surface area contributed by atoms with Crippen LogP contribution < -0.4 is 5.32 Å². The number of esters is 2. The zero-order valence-electron chi connectivity index (χ0n) is 12.3. The van der Waals surface area contributed by atoms with E-state index in [2.05, 4.69) is 5.32 Å². The second kappa shape index (κ2) is 11.2. The average molecular weight is 289 g/mol. The van der Waals surface area contributed by atoms with Crippen molar-refractivity contribution in [2.45, 2.75) is 39.7 Å². The molecular formula is C13H23NO6. The fourth-order valence-corrected chi connectivity index (χ4v) is 1.33. The van der Waals surface area contributed by atoms with Gasteiger partial charge in [-0.2, -0.15) is 0 Å². The Morgan fingerprint density at radius 1 is 1.05 bits per heavy atom. The first-order valence-electron chi connectivity index (χ1n) is 6.60. The van der Waals surface area contributed by atoms with Crippen LogP contribution in [-0.2, 0) is 28.6 Å². The highest BCUT2D eigenvalue weighted by Crippen LogP contribution is 2.00. The first-order valence-corrected chi connectivity index (χ1v) is 6.60. The third kappa shape index (κ3) is 11.5. The molecule has 0 atom stereocenters. The Hall–Kier alpha value is -1.63. The zero-order chi connectivity index (χ0) is 15.4. The minimum absolute atomic E-state index is 0.0176. The molecule has 0 radical (unpaired) electrons. The summed E-state index contributed by atoms with van der Waals surface area (Å²) in [6.45, 7) is 5.39. The fourth-order valence-electron chi connectivity index (χ4n) is 1.33. The van der Waals surface area contributed by atoms with Crippen molar-refractivity contribution < 1.29 is 28.6 Å². The molecule has 7 heteroatoms. The van der Waals surface area contributed by atoms with Crippen LogP contribution in [0, 0.1) is 0 Å². The van der Waals surface area contributed by atoms with Crippen LogP contribution in [0.25, 0.3) is 0 Å². The Morgan fingerprint density at radius 3 is 2.05 bits per heavy atom. The number of ether oxygens (including phenoxy) is 3. The summed E-state index contributed by atoms with van der Waals surface area (Å²) < 4.78 is 15.1. The van der Waals surface area contributed by atoms with Crippen molar-refractivity contribution in [3.63, 3.8) is 0 Å². The normalized spacial score (nSPS) is 10.2. The molecule has 20 heavy (non-hydrogen) atoms. The molecule has 1 N–H and O–H groups in total. The smallest absolute Gasteiger partial charge is 0.302 e. The molecule has 116 valence electrons. The van der Waals surface area contributed by atoms with Gasteiger partial charge in [0.25, 0.3) is 0 Å². The molecule has 0 spiro atoms. The lowest BCUT2D eigenvalue weighted by Crippen LogP contribution is -2.28. The Morgan fingerprint density at radius 2 is 1.60 bits per heavy atom. The van der Waals surface area contributed by atoms with Crippen LogP contribution >= 0.6 is 0 Å². The molecule has 1 amide bonds. The summed E-state index contributed by atoms with van der Waals surface area (Å²) in [5, 5.41) is 2.68. The van der Waals surface area contributed by atoms with Crippen molar-refractivity contribution in [3.05, 3.63) is 0 Å². The highest BCUT2D eigenvalue weighted by atomic mass is 16.6. The zero-order valence-corrected chi connectivity index (χ0v) is 12.3. The molecule has 7 nitrogen and oxygen atoms in total. The van der Waals surface area contributed by atoms with E-state index in [1.165, 1.54) is 13.8 Å². The second-order valence-electron chi connectivity index (χ2n) is 4.16. The minimum atomic E-state index is -0.517. The molecule has 0 rings (SSSR count). The maximum atomic E-state index is 11.2. The van der Waals surface area contributed by atoms with Gasteiger partial charge in [-0.15, -0.1) is 0 Å². The van der Waals surface area contributed by atoms with Gasteiger partial charge in [0.05, 0.1) is 0 Å². The Balaban J connectivity index is 3.92. The predicted octanol–water partition coefficient (Wildman–Crippen LogP) is 0.414. The number of hydrogen-bond acceptors (Lipinski definition) is 6. The lowest BCUT2D eigenvalue weighted by molar-refractivity contribution is -0.152. The summed E-state index contributed by atoms with van der Waals surface area (Å²) in [6.07, 6.45) is 0.390. The molecule has 0 fully saturated rings. The summed E-state index contributed by atoms with van der Waals surface area (Å²) in [5.41, 5.74) is 0. The molecule has 0 aliphatic heterocycles. The lowest BCUT2D eigenvalue weighted by Gasteiger charge is -2.17. The molecule has 0 aliphatic carbocycles. The summed E-state index contributed by atoms with van der Waals surface area (Å²) >= 11 is 0. The van der Waals surface area contributed by atoms with Crippen molar-refractivity contribution in [2.75, 3.05) is 26.4 Å². The van der Waals surface area contributed by atoms with Crippen LogP contribution in [0.4, 0.5) is 0 Å². The molecule has 0 unspecified atom stereocenters. The van der Waals surface area contributed by atoms with Gasteiger partial charge in [-0.05, 0) is 13.3 Å². The molecule has 0 heterocycles. The van der Waals surface area contributed by atoms with Crippen LogP contribution in [0.1, 0.15) is 33.6 Å². The minimum Gasteiger partial charge on any atom is -0.463 e. The standard InChI is InChI=1S/C13H23NO6/c1-4-14-13(17)6-5-7-18-12(8-19-10(2)15)9-20-11(3)16/h12H,4-9H2,1-3H3,(H,14,17). The molecular weight excluding hydrogens is 266 g/mol. The first kappa shape index (κ1) is 18.4. The maximum Gasteiger partial charge on any atom is 0.302 e. The van der Waals surface area contributed by atoms with Gasteiger partial charge >= 0.3 is 11.9 Å². The number of nitrogens with one attached hydrogen (secondary N) is 1. The summed E-state index contributed by atoms with van der Waals surface area (Å²) in [5.74, 6) is -0.889. The SMILES string of the molecule is CCNC(=O)CCCOC(COC(C)=O)COC(C)=O. The van der Waals surface area contributed by atoms with Crippen LogP contribution in [0.15, 0.2) is 0 Å². The molecule has 0 aromatic heterocycles. The van der Waals surface area contributed by atoms with Crippen LogP contribution in [-0.4, -0.2) is 50.3 Å². The van der Waals surface area contributed by atoms with Gasteiger partial charge in [0.1, 0.15) is 19.3 Å². The fraction of sp³-hybridized carbons (Fsp3) is 0.769. The molecule has 0 saturated heterocycles. The number of amides is 1. The number of carbonyl (C=O) groups excluding carboxylic acids is 3. The van der Waals surface area contributed by atoms with Crippen molar-refractivity contribution in [2.24, 2.45) is 0 Å².